The van der Waals surface area contributed by atoms with Crippen LogP contribution in [0.4, 0.5) is 0 Å². The Kier molecular flexibility index (Phi) is 8.12. The summed E-state index contributed by atoms with van der Waals surface area (Å²) in [5.41, 5.74) is 0. The molecule has 0 heterocycles. The van der Waals surface area contributed by atoms with E-state index in [-0.39, 0.29) is 0 Å². The first-order chi connectivity index (χ1) is 10.8. The standard InChI is InChI=1S/C21H36O/c1-3-5-7-18-8-12-20(13-9-18)21-14-10-19(11-15-21)17-22-16-6-4-2/h5-7,16,18-21H,3-4,8-15,17H2,1-2H3. The molecule has 0 spiro atoms. The van der Waals surface area contributed by atoms with E-state index in [4.69, 9.17) is 4.74 Å². The molecule has 2 aliphatic carbocycles. The summed E-state index contributed by atoms with van der Waals surface area (Å²) in [6, 6.07) is 0. The number of hydrogen-bond acceptors (Lipinski definition) is 1. The van der Waals surface area contributed by atoms with Crippen molar-refractivity contribution in [1.82, 2.24) is 0 Å². The molecule has 0 radical (unpaired) electrons. The highest BCUT2D eigenvalue weighted by Crippen LogP contribution is 2.41. The van der Waals surface area contributed by atoms with Gasteiger partial charge in [-0.15, -0.1) is 0 Å². The summed E-state index contributed by atoms with van der Waals surface area (Å²) < 4.78 is 5.66. The van der Waals surface area contributed by atoms with Crippen molar-refractivity contribution >= 4 is 0 Å². The van der Waals surface area contributed by atoms with Gasteiger partial charge in [0, 0.05) is 0 Å². The van der Waals surface area contributed by atoms with Gasteiger partial charge in [-0.2, -0.15) is 0 Å². The Morgan fingerprint density at radius 1 is 0.773 bits per heavy atom. The van der Waals surface area contributed by atoms with Gasteiger partial charge in [0.15, 0.2) is 0 Å². The van der Waals surface area contributed by atoms with Gasteiger partial charge in [-0.3, -0.25) is 0 Å². The third kappa shape index (κ3) is 5.82. The fraction of sp³-hybridized carbons (Fsp3) is 0.810. The van der Waals surface area contributed by atoms with Crippen molar-refractivity contribution in [1.29, 1.82) is 0 Å². The first-order valence-corrected chi connectivity index (χ1v) is 9.76. The van der Waals surface area contributed by atoms with Crippen LogP contribution in [0.15, 0.2) is 24.5 Å². The molecule has 2 saturated carbocycles. The molecule has 2 fully saturated rings. The van der Waals surface area contributed by atoms with Crippen LogP contribution in [-0.4, -0.2) is 6.61 Å². The summed E-state index contributed by atoms with van der Waals surface area (Å²) in [5.74, 6) is 3.72. The predicted octanol–water partition coefficient (Wildman–Crippen LogP) is 6.51. The van der Waals surface area contributed by atoms with Crippen molar-refractivity contribution in [3.63, 3.8) is 0 Å². The monoisotopic (exact) mass is 304 g/mol. The maximum atomic E-state index is 5.66. The van der Waals surface area contributed by atoms with Gasteiger partial charge in [0.1, 0.15) is 0 Å². The minimum atomic E-state index is 0.807. The average Bonchev–Trinajstić information content (AvgIpc) is 2.58. The van der Waals surface area contributed by atoms with Gasteiger partial charge in [-0.25, -0.2) is 0 Å². The van der Waals surface area contributed by atoms with Gasteiger partial charge in [-0.05, 0) is 87.9 Å². The fourth-order valence-electron chi connectivity index (χ4n) is 4.32. The maximum absolute atomic E-state index is 5.66. The Labute approximate surface area is 138 Å². The average molecular weight is 305 g/mol. The van der Waals surface area contributed by atoms with Gasteiger partial charge in [0.05, 0.1) is 12.9 Å². The Morgan fingerprint density at radius 3 is 1.95 bits per heavy atom. The van der Waals surface area contributed by atoms with E-state index in [0.29, 0.717) is 0 Å². The number of rotatable bonds is 7. The van der Waals surface area contributed by atoms with Crippen LogP contribution in [0.2, 0.25) is 0 Å². The number of ether oxygens (including phenoxy) is 1. The third-order valence-electron chi connectivity index (χ3n) is 5.78. The van der Waals surface area contributed by atoms with Crippen LogP contribution in [0.25, 0.3) is 0 Å². The molecule has 2 rings (SSSR count). The zero-order chi connectivity index (χ0) is 15.6. The second kappa shape index (κ2) is 10.1. The summed E-state index contributed by atoms with van der Waals surface area (Å²) in [5, 5.41) is 0. The van der Waals surface area contributed by atoms with Gasteiger partial charge in [-0.1, -0.05) is 32.1 Å². The number of hydrogen-bond donors (Lipinski definition) is 0. The summed E-state index contributed by atoms with van der Waals surface area (Å²) in [7, 11) is 0. The highest BCUT2D eigenvalue weighted by Gasteiger charge is 2.30. The fourth-order valence-corrected chi connectivity index (χ4v) is 4.32. The van der Waals surface area contributed by atoms with Gasteiger partial charge in [0.2, 0.25) is 0 Å². The molecule has 0 bridgehead atoms. The molecule has 0 amide bonds. The molecule has 0 saturated heterocycles. The van der Waals surface area contributed by atoms with Crippen molar-refractivity contribution in [3.8, 4) is 0 Å². The molecule has 126 valence electrons. The van der Waals surface area contributed by atoms with Crippen LogP contribution < -0.4 is 0 Å². The van der Waals surface area contributed by atoms with Crippen LogP contribution in [0.5, 0.6) is 0 Å². The molecule has 0 aromatic rings. The molecule has 0 atom stereocenters. The molecule has 0 aromatic heterocycles. The zero-order valence-corrected chi connectivity index (χ0v) is 14.8. The van der Waals surface area contributed by atoms with Crippen molar-refractivity contribution in [2.45, 2.75) is 78.1 Å². The quantitative estimate of drug-likeness (QED) is 0.385. The highest BCUT2D eigenvalue weighted by atomic mass is 16.5. The zero-order valence-electron chi connectivity index (χ0n) is 14.8. The Hall–Kier alpha value is -0.720. The van der Waals surface area contributed by atoms with Crippen molar-refractivity contribution in [3.05, 3.63) is 24.5 Å². The van der Waals surface area contributed by atoms with E-state index in [2.05, 4.69) is 32.1 Å². The van der Waals surface area contributed by atoms with Gasteiger partial charge < -0.3 is 4.74 Å². The van der Waals surface area contributed by atoms with Crippen LogP contribution in [0.1, 0.15) is 78.1 Å². The third-order valence-corrected chi connectivity index (χ3v) is 5.78. The molecule has 1 nitrogen and oxygen atoms in total. The lowest BCUT2D eigenvalue weighted by Gasteiger charge is -2.37. The second-order valence-corrected chi connectivity index (χ2v) is 7.41. The molecule has 22 heavy (non-hydrogen) atoms. The first-order valence-electron chi connectivity index (χ1n) is 9.76. The van der Waals surface area contributed by atoms with Crippen molar-refractivity contribution < 1.29 is 4.74 Å². The van der Waals surface area contributed by atoms with Crippen LogP contribution in [0.3, 0.4) is 0 Å². The summed E-state index contributed by atoms with van der Waals surface area (Å²) >= 11 is 0. The normalized spacial score (nSPS) is 33.5. The van der Waals surface area contributed by atoms with Gasteiger partial charge in [0.25, 0.3) is 0 Å². The topological polar surface area (TPSA) is 9.23 Å². The second-order valence-electron chi connectivity index (χ2n) is 7.41. The molecular formula is C21H36O. The lowest BCUT2D eigenvalue weighted by molar-refractivity contribution is 0.113. The van der Waals surface area contributed by atoms with Crippen molar-refractivity contribution in [2.24, 2.45) is 23.7 Å². The summed E-state index contributed by atoms with van der Waals surface area (Å²) in [6.45, 7) is 5.33. The minimum Gasteiger partial charge on any atom is -0.501 e. The lowest BCUT2D eigenvalue weighted by Crippen LogP contribution is -2.26. The number of allylic oxidation sites excluding steroid dienone is 3. The maximum Gasteiger partial charge on any atom is 0.0901 e. The highest BCUT2D eigenvalue weighted by molar-refractivity contribution is 4.92. The summed E-state index contributed by atoms with van der Waals surface area (Å²) in [6.07, 6.45) is 22.6. The van der Waals surface area contributed by atoms with E-state index < -0.39 is 0 Å². The minimum absolute atomic E-state index is 0.807. The lowest BCUT2D eigenvalue weighted by atomic mass is 9.69. The molecular weight excluding hydrogens is 268 g/mol. The van der Waals surface area contributed by atoms with E-state index >= 15 is 0 Å². The van der Waals surface area contributed by atoms with Gasteiger partial charge >= 0.3 is 0 Å². The van der Waals surface area contributed by atoms with E-state index in [1.54, 1.807) is 0 Å². The van der Waals surface area contributed by atoms with Crippen LogP contribution >= 0.6 is 0 Å². The smallest absolute Gasteiger partial charge is 0.0901 e. The largest absolute Gasteiger partial charge is 0.501 e. The van der Waals surface area contributed by atoms with E-state index in [1.807, 2.05) is 6.26 Å². The van der Waals surface area contributed by atoms with Crippen molar-refractivity contribution in [2.75, 3.05) is 6.61 Å². The molecule has 1 heteroatoms. The molecule has 0 aromatic carbocycles. The molecule has 2 aliphatic rings. The SMILES string of the molecule is CCC=COCC1CCC(C2CCC(C=CCC)CC2)CC1. The molecule has 0 aliphatic heterocycles. The van der Waals surface area contributed by atoms with E-state index in [9.17, 15) is 0 Å². The van der Waals surface area contributed by atoms with Crippen LogP contribution in [0, 0.1) is 23.7 Å². The first kappa shape index (κ1) is 17.6. The van der Waals surface area contributed by atoms with E-state index in [1.165, 1.54) is 57.8 Å². The summed E-state index contributed by atoms with van der Waals surface area (Å²) in [4.78, 5) is 0. The molecule has 0 unspecified atom stereocenters. The Morgan fingerprint density at radius 2 is 1.36 bits per heavy atom. The van der Waals surface area contributed by atoms with Crippen LogP contribution in [-0.2, 0) is 4.74 Å². The Balaban J connectivity index is 1.63. The predicted molar refractivity (Wildman–Crippen MR) is 95.7 cm³/mol. The Bertz CT molecular complexity index is 328. The molecule has 0 N–H and O–H groups in total. The van der Waals surface area contributed by atoms with E-state index in [0.717, 1.165) is 36.7 Å².